The number of hydrogen-bond acceptors (Lipinski definition) is 4. The second-order valence-electron chi connectivity index (χ2n) is 3.24. The molecule has 1 N–H and O–H groups in total. The molecule has 0 radical (unpaired) electrons. The van der Waals surface area contributed by atoms with Gasteiger partial charge in [0.05, 0.1) is 7.11 Å². The summed E-state index contributed by atoms with van der Waals surface area (Å²) in [5.41, 5.74) is 0.303. The Morgan fingerprint density at radius 1 is 1.53 bits per heavy atom. The molecule has 1 atom stereocenters. The van der Waals surface area contributed by atoms with Crippen molar-refractivity contribution in [3.8, 4) is 11.5 Å². The highest BCUT2D eigenvalue weighted by Gasteiger charge is 2.30. The Balaban J connectivity index is 2.47. The van der Waals surface area contributed by atoms with Crippen LogP contribution in [-0.4, -0.2) is 24.3 Å². The summed E-state index contributed by atoms with van der Waals surface area (Å²) >= 11 is 0. The Bertz CT molecular complexity index is 404. The van der Waals surface area contributed by atoms with Crippen LogP contribution in [0.15, 0.2) is 18.2 Å². The first-order valence-corrected chi connectivity index (χ1v) is 4.51. The van der Waals surface area contributed by atoms with Crippen LogP contribution >= 0.6 is 0 Å². The fraction of sp³-hybridized carbons (Fsp3) is 0.300. The second kappa shape index (κ2) is 3.43. The van der Waals surface area contributed by atoms with E-state index in [0.717, 1.165) is 0 Å². The molecule has 1 aliphatic rings. The summed E-state index contributed by atoms with van der Waals surface area (Å²) in [5.74, 6) is 0.528. The van der Waals surface area contributed by atoms with Crippen LogP contribution in [0.2, 0.25) is 0 Å². The van der Waals surface area contributed by atoms with Gasteiger partial charge in [0.1, 0.15) is 17.2 Å². The fourth-order valence-corrected chi connectivity index (χ4v) is 1.42. The van der Waals surface area contributed by atoms with E-state index >= 15 is 0 Å². The molecule has 2 rings (SSSR count). The number of nitrogens with zero attached hydrogens (tertiary/aromatic N) is 1. The lowest BCUT2D eigenvalue weighted by Gasteiger charge is -2.28. The van der Waals surface area contributed by atoms with E-state index in [4.69, 9.17) is 9.47 Å². The number of fused-ring (bicyclic) bond motifs is 1. The second-order valence-corrected chi connectivity index (χ2v) is 3.24. The summed E-state index contributed by atoms with van der Waals surface area (Å²) in [7, 11) is 1.51. The summed E-state index contributed by atoms with van der Waals surface area (Å²) in [6, 6.07) is 4.90. The summed E-state index contributed by atoms with van der Waals surface area (Å²) in [5, 5.41) is 10.2. The fourth-order valence-electron chi connectivity index (χ4n) is 1.42. The predicted octanol–water partition coefficient (Wildman–Crippen LogP) is 1.20. The molecular weight excluding hydrogens is 198 g/mol. The van der Waals surface area contributed by atoms with Crippen LogP contribution in [0.5, 0.6) is 11.5 Å². The number of carbonyl (C=O) groups excluding carboxylic acids is 1. The van der Waals surface area contributed by atoms with E-state index in [1.807, 2.05) is 0 Å². The maximum Gasteiger partial charge on any atom is 0.291 e. The highest BCUT2D eigenvalue weighted by atomic mass is 16.6. The molecule has 1 amide bonds. The number of hydroxylamine groups is 1. The van der Waals surface area contributed by atoms with Crippen LogP contribution in [0.4, 0.5) is 5.69 Å². The molecule has 5 nitrogen and oxygen atoms in total. The van der Waals surface area contributed by atoms with Crippen LogP contribution < -0.4 is 14.5 Å². The molecule has 0 fully saturated rings. The molecule has 80 valence electrons. The third-order valence-electron chi connectivity index (χ3n) is 2.25. The molecule has 1 heterocycles. The first-order chi connectivity index (χ1) is 7.13. The van der Waals surface area contributed by atoms with Crippen LogP contribution in [-0.2, 0) is 4.79 Å². The summed E-state index contributed by atoms with van der Waals surface area (Å²) in [6.45, 7) is 1.58. The van der Waals surface area contributed by atoms with Gasteiger partial charge in [-0.1, -0.05) is 0 Å². The van der Waals surface area contributed by atoms with E-state index in [1.165, 1.54) is 7.11 Å². The zero-order chi connectivity index (χ0) is 11.0. The molecule has 0 spiro atoms. The number of ether oxygens (including phenoxy) is 2. The van der Waals surface area contributed by atoms with Crippen LogP contribution in [0.1, 0.15) is 6.92 Å². The summed E-state index contributed by atoms with van der Waals surface area (Å²) < 4.78 is 10.3. The Hall–Kier alpha value is -1.75. The first kappa shape index (κ1) is 9.79. The van der Waals surface area contributed by atoms with Crippen molar-refractivity contribution >= 4 is 11.6 Å². The van der Waals surface area contributed by atoms with E-state index < -0.39 is 12.0 Å². The third-order valence-corrected chi connectivity index (χ3v) is 2.25. The van der Waals surface area contributed by atoms with Crippen molar-refractivity contribution in [2.75, 3.05) is 12.2 Å². The minimum absolute atomic E-state index is 0.303. The van der Waals surface area contributed by atoms with Crippen molar-refractivity contribution < 1.29 is 19.5 Å². The van der Waals surface area contributed by atoms with Crippen LogP contribution in [0.3, 0.4) is 0 Å². The van der Waals surface area contributed by atoms with Gasteiger partial charge in [0, 0.05) is 6.07 Å². The van der Waals surface area contributed by atoms with Gasteiger partial charge in [-0.25, -0.2) is 0 Å². The van der Waals surface area contributed by atoms with Crippen LogP contribution in [0.25, 0.3) is 0 Å². The van der Waals surface area contributed by atoms with Crippen molar-refractivity contribution in [3.05, 3.63) is 18.2 Å². The molecule has 1 aromatic carbocycles. The number of anilines is 1. The van der Waals surface area contributed by atoms with E-state index in [2.05, 4.69) is 0 Å². The van der Waals surface area contributed by atoms with E-state index in [-0.39, 0.29) is 0 Å². The van der Waals surface area contributed by atoms with Gasteiger partial charge in [-0.3, -0.25) is 10.0 Å². The molecule has 0 saturated heterocycles. The van der Waals surface area contributed by atoms with Gasteiger partial charge in [-0.15, -0.1) is 0 Å². The van der Waals surface area contributed by atoms with Crippen molar-refractivity contribution in [1.82, 2.24) is 0 Å². The molecule has 1 aliphatic heterocycles. The lowest BCUT2D eigenvalue weighted by Crippen LogP contribution is -2.42. The maximum atomic E-state index is 11.4. The minimum Gasteiger partial charge on any atom is -0.497 e. The number of rotatable bonds is 1. The van der Waals surface area contributed by atoms with Crippen molar-refractivity contribution in [2.24, 2.45) is 0 Å². The Morgan fingerprint density at radius 2 is 2.27 bits per heavy atom. The summed E-state index contributed by atoms with van der Waals surface area (Å²) in [6.07, 6.45) is -0.670. The molecule has 0 aromatic heterocycles. The van der Waals surface area contributed by atoms with E-state index in [0.29, 0.717) is 22.2 Å². The van der Waals surface area contributed by atoms with Crippen molar-refractivity contribution in [3.63, 3.8) is 0 Å². The third kappa shape index (κ3) is 1.50. The zero-order valence-corrected chi connectivity index (χ0v) is 8.43. The van der Waals surface area contributed by atoms with E-state index in [9.17, 15) is 10.0 Å². The number of hydrogen-bond donors (Lipinski definition) is 1. The molecule has 5 heteroatoms. The quantitative estimate of drug-likeness (QED) is 0.706. The normalized spacial score (nSPS) is 19.5. The van der Waals surface area contributed by atoms with E-state index in [1.54, 1.807) is 25.1 Å². The molecule has 1 aromatic rings. The number of benzene rings is 1. The van der Waals surface area contributed by atoms with Crippen molar-refractivity contribution in [2.45, 2.75) is 13.0 Å². The predicted molar refractivity (Wildman–Crippen MR) is 52.4 cm³/mol. The minimum atomic E-state index is -0.670. The number of methoxy groups -OCH3 is 1. The average molecular weight is 209 g/mol. The molecule has 0 unspecified atom stereocenters. The lowest BCUT2D eigenvalue weighted by atomic mass is 10.2. The Labute approximate surface area is 86.8 Å². The molecule has 15 heavy (non-hydrogen) atoms. The molecule has 0 aliphatic carbocycles. The van der Waals surface area contributed by atoms with Gasteiger partial charge in [0.15, 0.2) is 6.10 Å². The lowest BCUT2D eigenvalue weighted by molar-refractivity contribution is -0.131. The smallest absolute Gasteiger partial charge is 0.291 e. The van der Waals surface area contributed by atoms with Gasteiger partial charge < -0.3 is 9.47 Å². The van der Waals surface area contributed by atoms with Crippen molar-refractivity contribution in [1.29, 1.82) is 0 Å². The average Bonchev–Trinajstić information content (AvgIpc) is 2.26. The Morgan fingerprint density at radius 3 is 2.93 bits per heavy atom. The zero-order valence-electron chi connectivity index (χ0n) is 8.43. The van der Waals surface area contributed by atoms with Crippen LogP contribution in [0, 0.1) is 0 Å². The largest absolute Gasteiger partial charge is 0.497 e. The number of amides is 1. The monoisotopic (exact) mass is 209 g/mol. The Kier molecular flexibility index (Phi) is 2.24. The number of carbonyl (C=O) groups is 1. The molecule has 0 saturated carbocycles. The summed E-state index contributed by atoms with van der Waals surface area (Å²) in [4.78, 5) is 11.4. The van der Waals surface area contributed by atoms with Gasteiger partial charge in [0.2, 0.25) is 0 Å². The maximum absolute atomic E-state index is 11.4. The van der Waals surface area contributed by atoms with Gasteiger partial charge in [0.25, 0.3) is 5.91 Å². The topological polar surface area (TPSA) is 59.0 Å². The standard InChI is InChI=1S/C10H11NO4/c1-6-10(12)11(13)8-5-7(14-2)3-4-9(8)15-6/h3-6,13H,1-2H3/t6-/m0/s1. The van der Waals surface area contributed by atoms with Gasteiger partial charge >= 0.3 is 0 Å². The SMILES string of the molecule is COc1ccc2c(c1)N(O)C(=O)[C@H](C)O2. The highest BCUT2D eigenvalue weighted by molar-refractivity contribution is 5.97. The first-order valence-electron chi connectivity index (χ1n) is 4.51. The van der Waals surface area contributed by atoms with Gasteiger partial charge in [-0.05, 0) is 19.1 Å². The van der Waals surface area contributed by atoms with Gasteiger partial charge in [-0.2, -0.15) is 5.06 Å². The highest BCUT2D eigenvalue weighted by Crippen LogP contribution is 2.35. The molecular formula is C10H11NO4. The molecule has 0 bridgehead atoms.